The Morgan fingerprint density at radius 1 is 1.08 bits per heavy atom. The van der Waals surface area contributed by atoms with Crippen LogP contribution in [0.4, 0.5) is 9.52 Å². The van der Waals surface area contributed by atoms with Crippen LogP contribution in [0.15, 0.2) is 84.1 Å². The van der Waals surface area contributed by atoms with E-state index in [-0.39, 0.29) is 17.5 Å². The van der Waals surface area contributed by atoms with Crippen LogP contribution in [-0.2, 0) is 11.2 Å². The standard InChI is InChI=1S/C27H21ClFN5OS2/c1-17-7-8-18(14-23(17)28)13-22-15-30-26(37-22)31-24(35)16-36-27-33-32-25(19-5-3-2-4-6-19)34(27)21-11-9-20(29)10-12-21/h2-12,14-15H,13,16H2,1H3,(H,30,31,35). The van der Waals surface area contributed by atoms with Gasteiger partial charge in [0.05, 0.1) is 5.75 Å². The molecule has 0 unspecified atom stereocenters. The second-order valence-electron chi connectivity index (χ2n) is 8.21. The zero-order valence-corrected chi connectivity index (χ0v) is 22.1. The minimum Gasteiger partial charge on any atom is -0.301 e. The molecule has 186 valence electrons. The third kappa shape index (κ3) is 6.07. The number of aromatic nitrogens is 4. The molecule has 0 radical (unpaired) electrons. The van der Waals surface area contributed by atoms with E-state index >= 15 is 0 Å². The molecule has 0 aliphatic rings. The van der Waals surface area contributed by atoms with Crippen LogP contribution in [-0.4, -0.2) is 31.4 Å². The highest BCUT2D eigenvalue weighted by Crippen LogP contribution is 2.29. The molecule has 5 rings (SSSR count). The number of hydrogen-bond acceptors (Lipinski definition) is 6. The van der Waals surface area contributed by atoms with Crippen molar-refractivity contribution in [3.63, 3.8) is 0 Å². The van der Waals surface area contributed by atoms with Gasteiger partial charge in [0, 0.05) is 33.8 Å². The van der Waals surface area contributed by atoms with E-state index < -0.39 is 0 Å². The molecule has 0 aliphatic heterocycles. The monoisotopic (exact) mass is 549 g/mol. The topological polar surface area (TPSA) is 72.7 Å². The second kappa shape index (κ2) is 11.2. The number of nitrogens with one attached hydrogen (secondary N) is 1. The summed E-state index contributed by atoms with van der Waals surface area (Å²) in [6.45, 7) is 1.97. The SMILES string of the molecule is Cc1ccc(Cc2cnc(NC(=O)CSc3nnc(-c4ccccc4)n3-c3ccc(F)cc3)s2)cc1Cl. The van der Waals surface area contributed by atoms with E-state index in [1.54, 1.807) is 18.3 Å². The van der Waals surface area contributed by atoms with E-state index in [0.29, 0.717) is 28.2 Å². The molecule has 2 heterocycles. The van der Waals surface area contributed by atoms with Gasteiger partial charge in [-0.1, -0.05) is 65.8 Å². The maximum atomic E-state index is 13.6. The van der Waals surface area contributed by atoms with E-state index in [0.717, 1.165) is 26.6 Å². The van der Waals surface area contributed by atoms with Crippen LogP contribution in [0.25, 0.3) is 17.1 Å². The number of thiazole rings is 1. The summed E-state index contributed by atoms with van der Waals surface area (Å²) < 4.78 is 15.4. The van der Waals surface area contributed by atoms with Gasteiger partial charge < -0.3 is 5.32 Å². The first kappa shape index (κ1) is 25.1. The lowest BCUT2D eigenvalue weighted by atomic mass is 10.1. The number of benzene rings is 3. The van der Waals surface area contributed by atoms with Crippen LogP contribution in [0.3, 0.4) is 0 Å². The highest BCUT2D eigenvalue weighted by Gasteiger charge is 2.18. The Hall–Kier alpha value is -3.53. The highest BCUT2D eigenvalue weighted by molar-refractivity contribution is 7.99. The molecule has 0 saturated heterocycles. The molecule has 0 aliphatic carbocycles. The van der Waals surface area contributed by atoms with Gasteiger partial charge in [0.1, 0.15) is 5.82 Å². The summed E-state index contributed by atoms with van der Waals surface area (Å²) in [5.41, 5.74) is 3.68. The summed E-state index contributed by atoms with van der Waals surface area (Å²) in [5, 5.41) is 13.3. The van der Waals surface area contributed by atoms with Gasteiger partial charge in [-0.2, -0.15) is 0 Å². The van der Waals surface area contributed by atoms with Crippen molar-refractivity contribution in [2.24, 2.45) is 0 Å². The van der Waals surface area contributed by atoms with Crippen molar-refractivity contribution in [1.29, 1.82) is 0 Å². The quantitative estimate of drug-likeness (QED) is 0.215. The fraction of sp³-hybridized carbons (Fsp3) is 0.111. The van der Waals surface area contributed by atoms with Gasteiger partial charge >= 0.3 is 0 Å². The molecule has 2 aromatic heterocycles. The summed E-state index contributed by atoms with van der Waals surface area (Å²) in [5.74, 6) is 0.173. The molecule has 10 heteroatoms. The lowest BCUT2D eigenvalue weighted by molar-refractivity contribution is -0.113. The van der Waals surface area contributed by atoms with E-state index in [1.807, 2.05) is 60.0 Å². The number of carbonyl (C=O) groups is 1. The fourth-order valence-electron chi connectivity index (χ4n) is 3.64. The van der Waals surface area contributed by atoms with E-state index in [4.69, 9.17) is 11.6 Å². The van der Waals surface area contributed by atoms with Crippen LogP contribution in [0.2, 0.25) is 5.02 Å². The zero-order chi connectivity index (χ0) is 25.8. The maximum Gasteiger partial charge on any atom is 0.236 e. The number of aryl methyl sites for hydroxylation is 1. The Kier molecular flexibility index (Phi) is 7.64. The Morgan fingerprint density at radius 2 is 1.86 bits per heavy atom. The molecule has 1 N–H and O–H groups in total. The maximum absolute atomic E-state index is 13.6. The van der Waals surface area contributed by atoms with Gasteiger partial charge in [-0.15, -0.1) is 21.5 Å². The van der Waals surface area contributed by atoms with Crippen molar-refractivity contribution < 1.29 is 9.18 Å². The largest absolute Gasteiger partial charge is 0.301 e. The van der Waals surface area contributed by atoms with Crippen LogP contribution in [0, 0.1) is 12.7 Å². The predicted molar refractivity (Wildman–Crippen MR) is 147 cm³/mol. The molecule has 0 fully saturated rings. The summed E-state index contributed by atoms with van der Waals surface area (Å²) in [7, 11) is 0. The zero-order valence-electron chi connectivity index (χ0n) is 19.7. The smallest absolute Gasteiger partial charge is 0.236 e. The number of amides is 1. The summed E-state index contributed by atoms with van der Waals surface area (Å²) in [4.78, 5) is 18.1. The fourth-order valence-corrected chi connectivity index (χ4v) is 5.46. The van der Waals surface area contributed by atoms with Gasteiger partial charge in [0.15, 0.2) is 16.1 Å². The van der Waals surface area contributed by atoms with Gasteiger partial charge in [-0.05, 0) is 48.4 Å². The molecule has 0 saturated carbocycles. The predicted octanol–water partition coefficient (Wildman–Crippen LogP) is 6.81. The van der Waals surface area contributed by atoms with Gasteiger partial charge in [-0.3, -0.25) is 9.36 Å². The minimum atomic E-state index is -0.333. The number of nitrogens with zero attached hydrogens (tertiary/aromatic N) is 4. The van der Waals surface area contributed by atoms with Gasteiger partial charge in [-0.25, -0.2) is 9.37 Å². The highest BCUT2D eigenvalue weighted by atomic mass is 35.5. The summed E-state index contributed by atoms with van der Waals surface area (Å²) in [6.07, 6.45) is 2.45. The molecule has 1 amide bonds. The molecule has 37 heavy (non-hydrogen) atoms. The van der Waals surface area contributed by atoms with Crippen LogP contribution < -0.4 is 5.32 Å². The Balaban J connectivity index is 1.28. The lowest BCUT2D eigenvalue weighted by Crippen LogP contribution is -2.14. The number of carbonyl (C=O) groups excluding carboxylic acids is 1. The second-order valence-corrected chi connectivity index (χ2v) is 10.7. The molecule has 0 spiro atoms. The Morgan fingerprint density at radius 3 is 2.62 bits per heavy atom. The average molecular weight is 550 g/mol. The van der Waals surface area contributed by atoms with Crippen LogP contribution in [0.5, 0.6) is 0 Å². The van der Waals surface area contributed by atoms with Gasteiger partial charge in [0.2, 0.25) is 5.91 Å². The first-order chi connectivity index (χ1) is 18.0. The van der Waals surface area contributed by atoms with E-state index in [9.17, 15) is 9.18 Å². The van der Waals surface area contributed by atoms with E-state index in [2.05, 4.69) is 20.5 Å². The van der Waals surface area contributed by atoms with Crippen molar-refractivity contribution in [2.75, 3.05) is 11.1 Å². The number of hydrogen-bond donors (Lipinski definition) is 1. The first-order valence-corrected chi connectivity index (χ1v) is 13.5. The summed E-state index contributed by atoms with van der Waals surface area (Å²) >= 11 is 8.91. The molecule has 3 aromatic carbocycles. The van der Waals surface area contributed by atoms with Crippen molar-refractivity contribution in [3.8, 4) is 17.1 Å². The molecule has 0 bridgehead atoms. The number of anilines is 1. The van der Waals surface area contributed by atoms with Crippen molar-refractivity contribution >= 4 is 45.7 Å². The molecule has 6 nitrogen and oxygen atoms in total. The van der Waals surface area contributed by atoms with Crippen molar-refractivity contribution in [3.05, 3.63) is 106 Å². The summed E-state index contributed by atoms with van der Waals surface area (Å²) in [6, 6.07) is 21.7. The Bertz CT molecular complexity index is 1540. The molecule has 5 aromatic rings. The Labute approximate surface area is 226 Å². The average Bonchev–Trinajstić information content (AvgIpc) is 3.53. The van der Waals surface area contributed by atoms with E-state index in [1.165, 1.54) is 35.2 Å². The lowest BCUT2D eigenvalue weighted by Gasteiger charge is -2.10. The number of rotatable bonds is 8. The van der Waals surface area contributed by atoms with Crippen molar-refractivity contribution in [1.82, 2.24) is 19.7 Å². The van der Waals surface area contributed by atoms with Gasteiger partial charge in [0.25, 0.3) is 0 Å². The first-order valence-electron chi connectivity index (χ1n) is 11.4. The number of thioether (sulfide) groups is 1. The van der Waals surface area contributed by atoms with Crippen LogP contribution in [0.1, 0.15) is 16.0 Å². The molecular weight excluding hydrogens is 529 g/mol. The minimum absolute atomic E-state index is 0.108. The number of halogens is 2. The third-order valence-electron chi connectivity index (χ3n) is 5.50. The molecule has 0 atom stereocenters. The third-order valence-corrected chi connectivity index (χ3v) is 7.75. The van der Waals surface area contributed by atoms with Crippen LogP contribution >= 0.6 is 34.7 Å². The van der Waals surface area contributed by atoms with Crippen molar-refractivity contribution in [2.45, 2.75) is 18.5 Å². The molecular formula is C27H21ClFN5OS2. The normalized spacial score (nSPS) is 11.0.